The Kier molecular flexibility index (Phi) is 3.71. The lowest BCUT2D eigenvalue weighted by Gasteiger charge is -2.18. The number of rotatable bonds is 3. The van der Waals surface area contributed by atoms with Gasteiger partial charge in [0.15, 0.2) is 6.10 Å². The van der Waals surface area contributed by atoms with Gasteiger partial charge in [-0.1, -0.05) is 30.3 Å². The van der Waals surface area contributed by atoms with Crippen molar-refractivity contribution < 1.29 is 23.4 Å². The summed E-state index contributed by atoms with van der Waals surface area (Å²) in [5, 5.41) is 18.1. The fourth-order valence-electron chi connectivity index (χ4n) is 1.16. The van der Waals surface area contributed by atoms with E-state index in [1.807, 2.05) is 0 Å². The Morgan fingerprint density at radius 2 is 1.60 bits per heavy atom. The van der Waals surface area contributed by atoms with E-state index in [1.165, 1.54) is 12.1 Å². The molecule has 84 valence electrons. The normalized spacial score (nSPS) is 16.1. The lowest BCUT2D eigenvalue weighted by molar-refractivity contribution is -0.211. The maximum Gasteiger partial charge on any atom is 0.414 e. The Balaban J connectivity index is 2.61. The van der Waals surface area contributed by atoms with E-state index < -0.39 is 24.8 Å². The highest BCUT2D eigenvalue weighted by Gasteiger charge is 2.39. The van der Waals surface area contributed by atoms with Crippen molar-refractivity contribution in [2.75, 3.05) is 0 Å². The van der Waals surface area contributed by atoms with Gasteiger partial charge in [0.05, 0.1) is 6.10 Å². The lowest BCUT2D eigenvalue weighted by atomic mass is 10.0. The number of alkyl halides is 3. The third-order valence-corrected chi connectivity index (χ3v) is 2.01. The minimum Gasteiger partial charge on any atom is -0.388 e. The highest BCUT2D eigenvalue weighted by atomic mass is 19.4. The molecule has 0 saturated carbocycles. The number of hydrogen-bond donors (Lipinski definition) is 2. The molecule has 0 bridgehead atoms. The number of hydrogen-bond acceptors (Lipinski definition) is 2. The zero-order valence-electron chi connectivity index (χ0n) is 7.78. The van der Waals surface area contributed by atoms with Crippen molar-refractivity contribution in [2.24, 2.45) is 0 Å². The molecule has 0 radical (unpaired) electrons. The van der Waals surface area contributed by atoms with Gasteiger partial charge in [0.2, 0.25) is 0 Å². The average molecular weight is 220 g/mol. The van der Waals surface area contributed by atoms with Gasteiger partial charge in [0, 0.05) is 6.42 Å². The zero-order chi connectivity index (χ0) is 11.5. The summed E-state index contributed by atoms with van der Waals surface area (Å²) in [7, 11) is 0. The molecule has 2 nitrogen and oxygen atoms in total. The van der Waals surface area contributed by atoms with Crippen LogP contribution >= 0.6 is 0 Å². The molecule has 2 N–H and O–H groups in total. The molecule has 0 aliphatic heterocycles. The molecule has 0 fully saturated rings. The molecule has 0 aliphatic rings. The van der Waals surface area contributed by atoms with Gasteiger partial charge in [-0.15, -0.1) is 0 Å². The van der Waals surface area contributed by atoms with Crippen molar-refractivity contribution >= 4 is 0 Å². The number of aliphatic hydroxyl groups is 2. The molecule has 0 aliphatic carbocycles. The molecule has 0 amide bonds. The fourth-order valence-corrected chi connectivity index (χ4v) is 1.16. The lowest BCUT2D eigenvalue weighted by Crippen LogP contribution is -2.30. The van der Waals surface area contributed by atoms with Crippen LogP contribution in [0.3, 0.4) is 0 Å². The van der Waals surface area contributed by atoms with E-state index in [-0.39, 0.29) is 0 Å². The van der Waals surface area contributed by atoms with Crippen LogP contribution in [0.5, 0.6) is 0 Å². The van der Waals surface area contributed by atoms with Crippen LogP contribution in [-0.2, 0) is 0 Å². The Labute approximate surface area is 85.0 Å². The fraction of sp³-hybridized carbons (Fsp3) is 0.400. The van der Waals surface area contributed by atoms with Crippen molar-refractivity contribution in [3.05, 3.63) is 35.9 Å². The van der Waals surface area contributed by atoms with E-state index in [1.54, 1.807) is 18.2 Å². The quantitative estimate of drug-likeness (QED) is 0.818. The van der Waals surface area contributed by atoms with E-state index in [0.717, 1.165) is 0 Å². The monoisotopic (exact) mass is 220 g/mol. The van der Waals surface area contributed by atoms with Crippen molar-refractivity contribution in [2.45, 2.75) is 24.8 Å². The van der Waals surface area contributed by atoms with Crippen molar-refractivity contribution in [1.29, 1.82) is 0 Å². The first-order valence-electron chi connectivity index (χ1n) is 4.39. The minimum absolute atomic E-state index is 0.362. The summed E-state index contributed by atoms with van der Waals surface area (Å²) in [4.78, 5) is 0. The van der Waals surface area contributed by atoms with Crippen molar-refractivity contribution in [1.82, 2.24) is 0 Å². The molecule has 0 unspecified atom stereocenters. The zero-order valence-corrected chi connectivity index (χ0v) is 7.78. The minimum atomic E-state index is -4.68. The third-order valence-electron chi connectivity index (χ3n) is 2.01. The summed E-state index contributed by atoms with van der Waals surface area (Å²) in [6, 6.07) is 7.93. The van der Waals surface area contributed by atoms with E-state index in [2.05, 4.69) is 0 Å². The van der Waals surface area contributed by atoms with E-state index in [0.29, 0.717) is 5.56 Å². The van der Waals surface area contributed by atoms with Gasteiger partial charge >= 0.3 is 6.18 Å². The van der Waals surface area contributed by atoms with Crippen LogP contribution in [0.25, 0.3) is 0 Å². The molecule has 5 heteroatoms. The highest BCUT2D eigenvalue weighted by Crippen LogP contribution is 2.27. The third kappa shape index (κ3) is 3.53. The molecule has 0 aromatic heterocycles. The first-order valence-corrected chi connectivity index (χ1v) is 4.39. The van der Waals surface area contributed by atoms with Gasteiger partial charge in [-0.25, -0.2) is 0 Å². The highest BCUT2D eigenvalue weighted by molar-refractivity contribution is 5.17. The summed E-state index contributed by atoms with van der Waals surface area (Å²) in [6.45, 7) is 0. The predicted octanol–water partition coefficient (Wildman–Crippen LogP) is 2.03. The van der Waals surface area contributed by atoms with E-state index in [9.17, 15) is 18.3 Å². The van der Waals surface area contributed by atoms with Gasteiger partial charge in [0.25, 0.3) is 0 Å². The molecule has 15 heavy (non-hydrogen) atoms. The molecular weight excluding hydrogens is 209 g/mol. The van der Waals surface area contributed by atoms with Gasteiger partial charge in [-0.3, -0.25) is 0 Å². The van der Waals surface area contributed by atoms with Gasteiger partial charge in [-0.2, -0.15) is 13.2 Å². The maximum absolute atomic E-state index is 12.0. The van der Waals surface area contributed by atoms with Gasteiger partial charge < -0.3 is 10.2 Å². The molecule has 2 atom stereocenters. The topological polar surface area (TPSA) is 40.5 Å². The van der Waals surface area contributed by atoms with Crippen LogP contribution in [0, 0.1) is 0 Å². The van der Waals surface area contributed by atoms with E-state index in [4.69, 9.17) is 5.11 Å². The van der Waals surface area contributed by atoms with Crippen LogP contribution in [0.15, 0.2) is 30.3 Å². The first-order chi connectivity index (χ1) is 6.91. The van der Waals surface area contributed by atoms with Crippen LogP contribution in [0.2, 0.25) is 0 Å². The summed E-state index contributed by atoms with van der Waals surface area (Å²) >= 11 is 0. The largest absolute Gasteiger partial charge is 0.414 e. The van der Waals surface area contributed by atoms with Crippen molar-refractivity contribution in [3.8, 4) is 0 Å². The van der Waals surface area contributed by atoms with Crippen LogP contribution < -0.4 is 0 Å². The van der Waals surface area contributed by atoms with Gasteiger partial charge in [-0.05, 0) is 5.56 Å². The second-order valence-corrected chi connectivity index (χ2v) is 3.22. The first kappa shape index (κ1) is 12.0. The summed E-state index contributed by atoms with van der Waals surface area (Å²) in [5.74, 6) is 0. The Morgan fingerprint density at radius 1 is 1.07 bits per heavy atom. The van der Waals surface area contributed by atoms with Crippen LogP contribution in [0.4, 0.5) is 13.2 Å². The summed E-state index contributed by atoms with van der Waals surface area (Å²) in [6.07, 6.45) is -9.22. The van der Waals surface area contributed by atoms with Crippen LogP contribution in [0.1, 0.15) is 18.1 Å². The maximum atomic E-state index is 12.0. The summed E-state index contributed by atoms with van der Waals surface area (Å²) < 4.78 is 35.9. The Hall–Kier alpha value is -1.07. The summed E-state index contributed by atoms with van der Waals surface area (Å²) in [5.41, 5.74) is 0.362. The predicted molar refractivity (Wildman–Crippen MR) is 48.1 cm³/mol. The van der Waals surface area contributed by atoms with Gasteiger partial charge in [0.1, 0.15) is 0 Å². The molecule has 1 aromatic carbocycles. The standard InChI is InChI=1S/C10H11F3O2/c11-10(12,13)9(15)6-8(14)7-4-2-1-3-5-7/h1-5,8-9,14-15H,6H2/t8-,9+/m0/s1. The number of halogens is 3. The molecule has 0 heterocycles. The van der Waals surface area contributed by atoms with Crippen LogP contribution in [-0.4, -0.2) is 22.5 Å². The average Bonchev–Trinajstić information content (AvgIpc) is 2.17. The molecule has 0 saturated heterocycles. The number of aliphatic hydroxyl groups excluding tert-OH is 2. The second-order valence-electron chi connectivity index (χ2n) is 3.22. The SMILES string of the molecule is O[C@H](C[C@H](O)c1ccccc1)C(F)(F)F. The Morgan fingerprint density at radius 3 is 2.07 bits per heavy atom. The van der Waals surface area contributed by atoms with Crippen molar-refractivity contribution in [3.63, 3.8) is 0 Å². The smallest absolute Gasteiger partial charge is 0.388 e. The van der Waals surface area contributed by atoms with E-state index >= 15 is 0 Å². The number of benzene rings is 1. The molecule has 1 rings (SSSR count). The Bertz CT molecular complexity index is 297. The molecule has 1 aromatic rings. The molecular formula is C10H11F3O2. The molecule has 0 spiro atoms. The second kappa shape index (κ2) is 4.63.